The predicted molar refractivity (Wildman–Crippen MR) is 82.3 cm³/mol. The zero-order valence-electron chi connectivity index (χ0n) is 13.0. The summed E-state index contributed by atoms with van der Waals surface area (Å²) >= 11 is 0. The molecular weight excluding hydrogens is 282 g/mol. The summed E-state index contributed by atoms with van der Waals surface area (Å²) in [5.74, 6) is 0.937. The fourth-order valence-corrected chi connectivity index (χ4v) is 1.95. The first-order chi connectivity index (χ1) is 10.5. The lowest BCUT2D eigenvalue weighted by atomic mass is 10.0. The zero-order chi connectivity index (χ0) is 16.1. The number of aryl methyl sites for hydroxylation is 1. The lowest BCUT2D eigenvalue weighted by Crippen LogP contribution is -2.35. The third kappa shape index (κ3) is 3.92. The average molecular weight is 303 g/mol. The van der Waals surface area contributed by atoms with Crippen LogP contribution in [-0.4, -0.2) is 33.8 Å². The fourth-order valence-electron chi connectivity index (χ4n) is 1.95. The molecular formula is C16H21N3O3. The Hall–Kier alpha value is -2.21. The second-order valence-corrected chi connectivity index (χ2v) is 5.39. The number of aliphatic hydroxyl groups excluding tert-OH is 1. The number of benzene rings is 1. The summed E-state index contributed by atoms with van der Waals surface area (Å²) in [6.07, 6.45) is 0.338. The van der Waals surface area contributed by atoms with Crippen LogP contribution >= 0.6 is 0 Å². The maximum atomic E-state index is 12.0. The summed E-state index contributed by atoms with van der Waals surface area (Å²) in [7, 11) is 0. The van der Waals surface area contributed by atoms with Crippen molar-refractivity contribution in [3.63, 3.8) is 0 Å². The van der Waals surface area contributed by atoms with E-state index in [0.29, 0.717) is 17.3 Å². The number of aromatic nitrogens is 2. The van der Waals surface area contributed by atoms with Gasteiger partial charge in [-0.25, -0.2) is 0 Å². The van der Waals surface area contributed by atoms with Crippen molar-refractivity contribution in [3.05, 3.63) is 35.7 Å². The van der Waals surface area contributed by atoms with Crippen molar-refractivity contribution >= 4 is 5.91 Å². The summed E-state index contributed by atoms with van der Waals surface area (Å²) in [4.78, 5) is 16.2. The number of nitrogens with zero attached hydrogens (tertiary/aromatic N) is 2. The Morgan fingerprint density at radius 1 is 1.36 bits per heavy atom. The number of rotatable bonds is 6. The Morgan fingerprint density at radius 3 is 2.59 bits per heavy atom. The molecule has 0 saturated heterocycles. The predicted octanol–water partition coefficient (Wildman–Crippen LogP) is 2.18. The van der Waals surface area contributed by atoms with Crippen LogP contribution in [0.15, 0.2) is 28.8 Å². The van der Waals surface area contributed by atoms with Gasteiger partial charge in [0.1, 0.15) is 0 Å². The van der Waals surface area contributed by atoms with E-state index >= 15 is 0 Å². The minimum atomic E-state index is -0.533. The van der Waals surface area contributed by atoms with Crippen molar-refractivity contribution in [2.45, 2.75) is 33.3 Å². The highest BCUT2D eigenvalue weighted by atomic mass is 16.5. The number of hydrogen-bond acceptors (Lipinski definition) is 5. The van der Waals surface area contributed by atoms with Crippen LogP contribution in [0.3, 0.4) is 0 Å². The zero-order valence-corrected chi connectivity index (χ0v) is 13.0. The van der Waals surface area contributed by atoms with Crippen LogP contribution in [0.25, 0.3) is 11.5 Å². The van der Waals surface area contributed by atoms with E-state index in [9.17, 15) is 9.90 Å². The standard InChI is InChI=1S/C16H21N3O3/c1-4-10(2)14(20)9-17-15(21)12-5-7-13(8-6-12)16-18-11(3)19-22-16/h5-8,10,14,20H,4,9H2,1-3H3,(H,17,21). The van der Waals surface area contributed by atoms with E-state index in [1.165, 1.54) is 0 Å². The number of amides is 1. The summed E-state index contributed by atoms with van der Waals surface area (Å²) in [5.41, 5.74) is 1.29. The summed E-state index contributed by atoms with van der Waals surface area (Å²) in [5, 5.41) is 16.3. The Labute approximate surface area is 129 Å². The van der Waals surface area contributed by atoms with Gasteiger partial charge < -0.3 is 14.9 Å². The lowest BCUT2D eigenvalue weighted by molar-refractivity contribution is 0.0850. The normalized spacial score (nSPS) is 13.6. The van der Waals surface area contributed by atoms with Gasteiger partial charge >= 0.3 is 0 Å². The Bertz CT molecular complexity index is 622. The first-order valence-corrected chi connectivity index (χ1v) is 7.38. The van der Waals surface area contributed by atoms with Crippen LogP contribution in [-0.2, 0) is 0 Å². The maximum absolute atomic E-state index is 12.0. The van der Waals surface area contributed by atoms with E-state index in [1.807, 2.05) is 13.8 Å². The topological polar surface area (TPSA) is 88.2 Å². The van der Waals surface area contributed by atoms with Crippen molar-refractivity contribution in [1.82, 2.24) is 15.5 Å². The van der Waals surface area contributed by atoms with Gasteiger partial charge in [-0.1, -0.05) is 25.4 Å². The van der Waals surface area contributed by atoms with Crippen LogP contribution < -0.4 is 5.32 Å². The van der Waals surface area contributed by atoms with Gasteiger partial charge in [0.15, 0.2) is 5.82 Å². The van der Waals surface area contributed by atoms with Crippen molar-refractivity contribution in [1.29, 1.82) is 0 Å². The van der Waals surface area contributed by atoms with Crippen LogP contribution in [0, 0.1) is 12.8 Å². The molecule has 6 nitrogen and oxygen atoms in total. The monoisotopic (exact) mass is 303 g/mol. The lowest BCUT2D eigenvalue weighted by Gasteiger charge is -2.17. The summed E-state index contributed by atoms with van der Waals surface area (Å²) in [6, 6.07) is 6.90. The molecule has 0 aliphatic carbocycles. The molecule has 0 saturated carbocycles. The third-order valence-corrected chi connectivity index (χ3v) is 3.69. The van der Waals surface area contributed by atoms with Crippen LogP contribution in [0.4, 0.5) is 0 Å². The molecule has 0 aliphatic rings. The smallest absolute Gasteiger partial charge is 0.257 e. The van der Waals surface area contributed by atoms with Gasteiger partial charge in [-0.05, 0) is 37.1 Å². The largest absolute Gasteiger partial charge is 0.391 e. The summed E-state index contributed by atoms with van der Waals surface area (Å²) in [6.45, 7) is 5.96. The van der Waals surface area contributed by atoms with Crippen molar-refractivity contribution in [2.75, 3.05) is 6.54 Å². The second kappa shape index (κ2) is 7.17. The van der Waals surface area contributed by atoms with E-state index in [0.717, 1.165) is 12.0 Å². The quantitative estimate of drug-likeness (QED) is 0.854. The fraction of sp³-hybridized carbons (Fsp3) is 0.438. The Kier molecular flexibility index (Phi) is 5.27. The molecule has 0 fully saturated rings. The molecule has 2 N–H and O–H groups in total. The molecule has 2 aromatic rings. The van der Waals surface area contributed by atoms with Gasteiger partial charge in [-0.3, -0.25) is 4.79 Å². The second-order valence-electron chi connectivity index (χ2n) is 5.39. The molecule has 2 atom stereocenters. The van der Waals surface area contributed by atoms with E-state index in [1.54, 1.807) is 31.2 Å². The van der Waals surface area contributed by atoms with E-state index in [-0.39, 0.29) is 18.4 Å². The molecule has 6 heteroatoms. The molecule has 2 rings (SSSR count). The van der Waals surface area contributed by atoms with Gasteiger partial charge in [0, 0.05) is 17.7 Å². The van der Waals surface area contributed by atoms with Crippen LogP contribution in [0.1, 0.15) is 36.5 Å². The van der Waals surface area contributed by atoms with Crippen LogP contribution in [0.2, 0.25) is 0 Å². The van der Waals surface area contributed by atoms with Gasteiger partial charge in [0.2, 0.25) is 0 Å². The number of carbonyl (C=O) groups is 1. The number of carbonyl (C=O) groups excluding carboxylic acids is 1. The minimum absolute atomic E-state index is 0.156. The molecule has 22 heavy (non-hydrogen) atoms. The number of hydrogen-bond donors (Lipinski definition) is 2. The molecule has 118 valence electrons. The molecule has 1 heterocycles. The van der Waals surface area contributed by atoms with Crippen LogP contribution in [0.5, 0.6) is 0 Å². The first-order valence-electron chi connectivity index (χ1n) is 7.38. The number of aliphatic hydroxyl groups is 1. The first kappa shape index (κ1) is 16.2. The molecule has 2 unspecified atom stereocenters. The molecule has 0 radical (unpaired) electrons. The number of nitrogens with one attached hydrogen (secondary N) is 1. The Balaban J connectivity index is 1.96. The van der Waals surface area contributed by atoms with Gasteiger partial charge in [0.25, 0.3) is 11.8 Å². The highest BCUT2D eigenvalue weighted by Crippen LogP contribution is 2.17. The van der Waals surface area contributed by atoms with E-state index in [4.69, 9.17) is 4.52 Å². The third-order valence-electron chi connectivity index (χ3n) is 3.69. The van der Waals surface area contributed by atoms with Crippen molar-refractivity contribution in [3.8, 4) is 11.5 Å². The molecule has 0 aliphatic heterocycles. The van der Waals surface area contributed by atoms with Gasteiger partial charge in [-0.2, -0.15) is 4.98 Å². The highest BCUT2D eigenvalue weighted by molar-refractivity contribution is 5.94. The average Bonchev–Trinajstić information content (AvgIpc) is 2.98. The van der Waals surface area contributed by atoms with Gasteiger partial charge in [0.05, 0.1) is 6.10 Å². The molecule has 1 amide bonds. The van der Waals surface area contributed by atoms with Crippen molar-refractivity contribution < 1.29 is 14.4 Å². The summed E-state index contributed by atoms with van der Waals surface area (Å²) < 4.78 is 5.07. The van der Waals surface area contributed by atoms with E-state index < -0.39 is 6.10 Å². The van der Waals surface area contributed by atoms with E-state index in [2.05, 4.69) is 15.5 Å². The molecule has 0 spiro atoms. The SMILES string of the molecule is CCC(C)C(O)CNC(=O)c1ccc(-c2nc(C)no2)cc1. The molecule has 1 aromatic carbocycles. The highest BCUT2D eigenvalue weighted by Gasteiger charge is 2.14. The molecule has 1 aromatic heterocycles. The maximum Gasteiger partial charge on any atom is 0.257 e. The minimum Gasteiger partial charge on any atom is -0.391 e. The van der Waals surface area contributed by atoms with Crippen molar-refractivity contribution in [2.24, 2.45) is 5.92 Å². The Morgan fingerprint density at radius 2 is 2.05 bits per heavy atom. The van der Waals surface area contributed by atoms with Gasteiger partial charge in [-0.15, -0.1) is 0 Å². The molecule has 0 bridgehead atoms.